The molecular weight excluding hydrogens is 198 g/mol. The summed E-state index contributed by atoms with van der Waals surface area (Å²) in [6.07, 6.45) is 2.42. The van der Waals surface area contributed by atoms with Crippen molar-refractivity contribution in [2.24, 2.45) is 17.8 Å². The molecule has 5 nitrogen and oxygen atoms in total. The number of carboxylic acids is 1. The molecule has 4 atom stereocenters. The monoisotopic (exact) mass is 213 g/mol. The van der Waals surface area contributed by atoms with Crippen LogP contribution in [0.2, 0.25) is 0 Å². The van der Waals surface area contributed by atoms with Crippen LogP contribution in [-0.2, 0) is 9.53 Å². The van der Waals surface area contributed by atoms with Crippen molar-refractivity contribution in [1.82, 2.24) is 5.32 Å². The molecule has 2 aliphatic rings. The first kappa shape index (κ1) is 10.3. The molecule has 15 heavy (non-hydrogen) atoms. The number of hydrogen-bond acceptors (Lipinski definition) is 3. The summed E-state index contributed by atoms with van der Waals surface area (Å²) in [5.74, 6) is 0.518. The van der Waals surface area contributed by atoms with E-state index in [1.54, 1.807) is 0 Å². The van der Waals surface area contributed by atoms with Crippen molar-refractivity contribution in [3.63, 3.8) is 0 Å². The number of methoxy groups -OCH3 is 1. The standard InChI is InChI=1S/C10H15NO4/c1-15-10(14)11-8(9(12)13)7-3-5-2-6(5)4-7/h5-8H,2-4H2,1H3,(H,11,14)(H,12,13)/t5-,6?,7+,8?/m1/s1. The summed E-state index contributed by atoms with van der Waals surface area (Å²) >= 11 is 0. The lowest BCUT2D eigenvalue weighted by Gasteiger charge is -2.21. The molecule has 2 rings (SSSR count). The SMILES string of the molecule is COC(=O)NC(C(=O)O)[C@@H]1CC2C[C@@H]2C1. The zero-order valence-electron chi connectivity index (χ0n) is 8.60. The van der Waals surface area contributed by atoms with Gasteiger partial charge in [-0.05, 0) is 37.0 Å². The Kier molecular flexibility index (Phi) is 2.54. The van der Waals surface area contributed by atoms with E-state index in [9.17, 15) is 9.59 Å². The highest BCUT2D eigenvalue weighted by atomic mass is 16.5. The first-order chi connectivity index (χ1) is 7.11. The van der Waals surface area contributed by atoms with Crippen LogP contribution in [0.4, 0.5) is 4.79 Å². The zero-order valence-corrected chi connectivity index (χ0v) is 8.60. The number of hydrogen-bond donors (Lipinski definition) is 2. The fourth-order valence-electron chi connectivity index (χ4n) is 2.60. The molecule has 0 aromatic heterocycles. The minimum absolute atomic E-state index is 0.0744. The third kappa shape index (κ3) is 2.06. The molecule has 1 amide bonds. The van der Waals surface area contributed by atoms with Crippen LogP contribution >= 0.6 is 0 Å². The number of rotatable bonds is 3. The van der Waals surface area contributed by atoms with E-state index in [2.05, 4.69) is 10.1 Å². The molecule has 2 fully saturated rings. The Morgan fingerprint density at radius 1 is 1.33 bits per heavy atom. The highest BCUT2D eigenvalue weighted by Crippen LogP contribution is 2.55. The van der Waals surface area contributed by atoms with Crippen molar-refractivity contribution in [2.75, 3.05) is 7.11 Å². The molecule has 0 aromatic carbocycles. The molecular formula is C10H15NO4. The smallest absolute Gasteiger partial charge is 0.407 e. The van der Waals surface area contributed by atoms with Gasteiger partial charge in [0.25, 0.3) is 0 Å². The second kappa shape index (κ2) is 3.72. The Morgan fingerprint density at radius 2 is 1.93 bits per heavy atom. The molecule has 2 unspecified atom stereocenters. The number of carboxylic acid groups (broad SMARTS) is 1. The molecule has 2 N–H and O–H groups in total. The molecule has 0 aromatic rings. The van der Waals surface area contributed by atoms with Gasteiger partial charge in [-0.1, -0.05) is 0 Å². The molecule has 0 spiro atoms. The molecule has 5 heteroatoms. The Balaban J connectivity index is 1.93. The van der Waals surface area contributed by atoms with Gasteiger partial charge in [-0.2, -0.15) is 0 Å². The van der Waals surface area contributed by atoms with E-state index in [4.69, 9.17) is 5.11 Å². The summed E-state index contributed by atoms with van der Waals surface area (Å²) in [5, 5.41) is 11.4. The second-order valence-corrected chi connectivity index (χ2v) is 4.44. The molecule has 0 bridgehead atoms. The third-order valence-electron chi connectivity index (χ3n) is 3.48. The highest BCUT2D eigenvalue weighted by Gasteiger charge is 2.49. The van der Waals surface area contributed by atoms with Crippen molar-refractivity contribution in [3.05, 3.63) is 0 Å². The van der Waals surface area contributed by atoms with E-state index in [0.717, 1.165) is 12.8 Å². The van der Waals surface area contributed by atoms with Crippen LogP contribution in [0.1, 0.15) is 19.3 Å². The maximum Gasteiger partial charge on any atom is 0.407 e. The van der Waals surface area contributed by atoms with Crippen LogP contribution in [0, 0.1) is 17.8 Å². The Bertz CT molecular complexity index is 281. The van der Waals surface area contributed by atoms with Gasteiger partial charge in [0.2, 0.25) is 0 Å². The lowest BCUT2D eigenvalue weighted by molar-refractivity contribution is -0.140. The van der Waals surface area contributed by atoms with Crippen molar-refractivity contribution < 1.29 is 19.4 Å². The van der Waals surface area contributed by atoms with E-state index in [1.165, 1.54) is 13.5 Å². The number of ether oxygens (including phenoxy) is 1. The van der Waals surface area contributed by atoms with E-state index >= 15 is 0 Å². The molecule has 2 aliphatic carbocycles. The normalized spacial score (nSPS) is 34.1. The topological polar surface area (TPSA) is 75.6 Å². The number of carbonyl (C=O) groups is 2. The van der Waals surface area contributed by atoms with E-state index in [0.29, 0.717) is 11.8 Å². The Hall–Kier alpha value is -1.26. The maximum absolute atomic E-state index is 11.0. The first-order valence-corrected chi connectivity index (χ1v) is 5.19. The summed E-state index contributed by atoms with van der Waals surface area (Å²) in [5.41, 5.74) is 0. The minimum atomic E-state index is -0.966. The van der Waals surface area contributed by atoms with Gasteiger partial charge in [0.05, 0.1) is 7.11 Å². The summed E-state index contributed by atoms with van der Waals surface area (Å²) in [6.45, 7) is 0. The molecule has 84 valence electrons. The maximum atomic E-state index is 11.0. The third-order valence-corrected chi connectivity index (χ3v) is 3.48. The fraction of sp³-hybridized carbons (Fsp3) is 0.800. The Morgan fingerprint density at radius 3 is 2.40 bits per heavy atom. The van der Waals surface area contributed by atoms with Crippen LogP contribution in [0.3, 0.4) is 0 Å². The summed E-state index contributed by atoms with van der Waals surface area (Å²) in [7, 11) is 1.24. The van der Waals surface area contributed by atoms with Crippen LogP contribution in [0.25, 0.3) is 0 Å². The molecule has 2 saturated carbocycles. The average Bonchev–Trinajstić information content (AvgIpc) is 2.81. The van der Waals surface area contributed by atoms with Gasteiger partial charge in [-0.25, -0.2) is 9.59 Å². The van der Waals surface area contributed by atoms with Crippen molar-refractivity contribution in [3.8, 4) is 0 Å². The number of nitrogens with one attached hydrogen (secondary N) is 1. The van der Waals surface area contributed by atoms with Crippen LogP contribution in [0.15, 0.2) is 0 Å². The van der Waals surface area contributed by atoms with E-state index in [-0.39, 0.29) is 5.92 Å². The minimum Gasteiger partial charge on any atom is -0.480 e. The van der Waals surface area contributed by atoms with Gasteiger partial charge in [0.1, 0.15) is 6.04 Å². The van der Waals surface area contributed by atoms with Crippen LogP contribution < -0.4 is 5.32 Å². The number of fused-ring (bicyclic) bond motifs is 1. The zero-order chi connectivity index (χ0) is 11.0. The predicted octanol–water partition coefficient (Wildman–Crippen LogP) is 0.842. The number of alkyl carbamates (subject to hydrolysis) is 1. The van der Waals surface area contributed by atoms with Gasteiger partial charge < -0.3 is 15.2 Å². The van der Waals surface area contributed by atoms with Crippen molar-refractivity contribution in [1.29, 1.82) is 0 Å². The summed E-state index contributed by atoms with van der Waals surface area (Å²) in [6, 6.07) is -0.787. The largest absolute Gasteiger partial charge is 0.480 e. The van der Waals surface area contributed by atoms with Gasteiger partial charge in [0, 0.05) is 0 Å². The lowest BCUT2D eigenvalue weighted by atomic mass is 9.94. The van der Waals surface area contributed by atoms with E-state index in [1.807, 2.05) is 0 Å². The molecule has 0 radical (unpaired) electrons. The van der Waals surface area contributed by atoms with Gasteiger partial charge in [0.15, 0.2) is 0 Å². The van der Waals surface area contributed by atoms with Gasteiger partial charge >= 0.3 is 12.1 Å². The van der Waals surface area contributed by atoms with Gasteiger partial charge in [-0.3, -0.25) is 0 Å². The van der Waals surface area contributed by atoms with Gasteiger partial charge in [-0.15, -0.1) is 0 Å². The number of amides is 1. The first-order valence-electron chi connectivity index (χ1n) is 5.19. The second-order valence-electron chi connectivity index (χ2n) is 4.44. The molecule has 0 heterocycles. The predicted molar refractivity (Wildman–Crippen MR) is 51.3 cm³/mol. The quantitative estimate of drug-likeness (QED) is 0.728. The average molecular weight is 213 g/mol. The summed E-state index contributed by atoms with van der Waals surface area (Å²) in [4.78, 5) is 22.0. The van der Waals surface area contributed by atoms with Crippen molar-refractivity contribution in [2.45, 2.75) is 25.3 Å². The number of carbonyl (C=O) groups excluding carboxylic acids is 1. The van der Waals surface area contributed by atoms with Crippen LogP contribution in [-0.4, -0.2) is 30.3 Å². The lowest BCUT2D eigenvalue weighted by Crippen LogP contribution is -2.45. The van der Waals surface area contributed by atoms with Crippen LogP contribution in [0.5, 0.6) is 0 Å². The van der Waals surface area contributed by atoms with Crippen molar-refractivity contribution >= 4 is 12.1 Å². The van der Waals surface area contributed by atoms with E-state index < -0.39 is 18.1 Å². The fourth-order valence-corrected chi connectivity index (χ4v) is 2.60. The highest BCUT2D eigenvalue weighted by molar-refractivity contribution is 5.80. The number of aliphatic carboxylic acids is 1. The molecule has 0 aliphatic heterocycles. The Labute approximate surface area is 87.8 Å². The summed E-state index contributed by atoms with van der Waals surface area (Å²) < 4.78 is 4.42. The molecule has 0 saturated heterocycles.